The van der Waals surface area contributed by atoms with Crippen LogP contribution in [0.2, 0.25) is 0 Å². The van der Waals surface area contributed by atoms with Crippen molar-refractivity contribution in [3.63, 3.8) is 0 Å². The zero-order valence-electron chi connectivity index (χ0n) is 10.8. The van der Waals surface area contributed by atoms with Gasteiger partial charge >= 0.3 is 0 Å². The van der Waals surface area contributed by atoms with Gasteiger partial charge in [0.2, 0.25) is 0 Å². The zero-order valence-corrected chi connectivity index (χ0v) is 12.4. The van der Waals surface area contributed by atoms with Crippen LogP contribution in [0.25, 0.3) is 0 Å². The fourth-order valence-electron chi connectivity index (χ4n) is 1.65. The summed E-state index contributed by atoms with van der Waals surface area (Å²) in [6.45, 7) is 3.86. The smallest absolute Gasteiger partial charge is 0.148 e. The minimum absolute atomic E-state index is 0.0336. The van der Waals surface area contributed by atoms with Crippen LogP contribution in [-0.2, 0) is 0 Å². The van der Waals surface area contributed by atoms with E-state index >= 15 is 0 Å². The van der Waals surface area contributed by atoms with Crippen LogP contribution in [-0.4, -0.2) is 6.10 Å². The number of rotatable bonds is 4. The molecule has 2 rings (SSSR count). The monoisotopic (exact) mass is 323 g/mol. The van der Waals surface area contributed by atoms with Crippen LogP contribution in [0.4, 0.5) is 15.8 Å². The highest BCUT2D eigenvalue weighted by Crippen LogP contribution is 2.32. The molecule has 0 aliphatic heterocycles. The Hall–Kier alpha value is -1.55. The summed E-state index contributed by atoms with van der Waals surface area (Å²) in [4.78, 5) is 0. The molecular formula is C15H15BrFNO. The van der Waals surface area contributed by atoms with E-state index < -0.39 is 0 Å². The molecule has 0 fully saturated rings. The Balaban J connectivity index is 2.29. The summed E-state index contributed by atoms with van der Waals surface area (Å²) in [7, 11) is 0. The average molecular weight is 324 g/mol. The highest BCUT2D eigenvalue weighted by Gasteiger charge is 2.10. The van der Waals surface area contributed by atoms with Crippen molar-refractivity contribution in [1.82, 2.24) is 0 Å². The van der Waals surface area contributed by atoms with Gasteiger partial charge in [-0.05, 0) is 48.0 Å². The molecule has 19 heavy (non-hydrogen) atoms. The minimum Gasteiger partial charge on any atom is -0.490 e. The molecule has 0 amide bonds. The lowest BCUT2D eigenvalue weighted by Gasteiger charge is -2.14. The van der Waals surface area contributed by atoms with Crippen LogP contribution in [0.3, 0.4) is 0 Å². The third-order valence-corrected chi connectivity index (χ3v) is 3.06. The number of hydrogen-bond donors (Lipinski definition) is 1. The van der Waals surface area contributed by atoms with Gasteiger partial charge in [-0.2, -0.15) is 0 Å². The first-order valence-electron chi connectivity index (χ1n) is 6.04. The zero-order chi connectivity index (χ0) is 13.8. The molecule has 0 saturated heterocycles. The summed E-state index contributed by atoms with van der Waals surface area (Å²) in [5.41, 5.74) is 1.23. The van der Waals surface area contributed by atoms with Crippen molar-refractivity contribution in [1.29, 1.82) is 0 Å². The molecule has 4 heteroatoms. The maximum Gasteiger partial charge on any atom is 0.148 e. The maximum atomic E-state index is 13.9. The molecule has 0 unspecified atom stereocenters. The van der Waals surface area contributed by atoms with E-state index in [1.165, 1.54) is 6.07 Å². The molecule has 0 heterocycles. The topological polar surface area (TPSA) is 21.3 Å². The van der Waals surface area contributed by atoms with Gasteiger partial charge in [-0.15, -0.1) is 0 Å². The predicted octanol–water partition coefficient (Wildman–Crippen LogP) is 5.12. The van der Waals surface area contributed by atoms with Crippen LogP contribution in [0.1, 0.15) is 13.8 Å². The van der Waals surface area contributed by atoms with E-state index in [2.05, 4.69) is 21.2 Å². The summed E-state index contributed by atoms with van der Waals surface area (Å²) < 4.78 is 20.1. The second-order valence-electron chi connectivity index (χ2n) is 4.42. The summed E-state index contributed by atoms with van der Waals surface area (Å²) in [6, 6.07) is 12.5. The van der Waals surface area contributed by atoms with Crippen molar-refractivity contribution >= 4 is 27.3 Å². The molecule has 2 aromatic carbocycles. The molecule has 2 nitrogen and oxygen atoms in total. The second-order valence-corrected chi connectivity index (χ2v) is 5.27. The Labute approximate surface area is 120 Å². The quantitative estimate of drug-likeness (QED) is 0.843. The number of hydrogen-bond acceptors (Lipinski definition) is 2. The number of anilines is 2. The molecule has 0 aliphatic rings. The first kappa shape index (κ1) is 13.9. The van der Waals surface area contributed by atoms with Gasteiger partial charge in [-0.3, -0.25) is 0 Å². The van der Waals surface area contributed by atoms with Gasteiger partial charge in [0, 0.05) is 11.8 Å². The Morgan fingerprint density at radius 3 is 2.47 bits per heavy atom. The van der Waals surface area contributed by atoms with Crippen LogP contribution >= 0.6 is 15.9 Å². The molecular weight excluding hydrogens is 309 g/mol. The summed E-state index contributed by atoms with van der Waals surface area (Å²) in [5.74, 6) is 0.293. The number of halogens is 2. The van der Waals surface area contributed by atoms with E-state index in [1.54, 1.807) is 6.07 Å². The van der Waals surface area contributed by atoms with Crippen LogP contribution < -0.4 is 10.1 Å². The summed E-state index contributed by atoms with van der Waals surface area (Å²) >= 11 is 3.30. The molecule has 0 bridgehead atoms. The van der Waals surface area contributed by atoms with Crippen molar-refractivity contribution in [3.8, 4) is 5.75 Å². The Bertz CT molecular complexity index is 558. The third kappa shape index (κ3) is 3.70. The largest absolute Gasteiger partial charge is 0.490 e. The molecule has 0 aliphatic carbocycles. The molecule has 100 valence electrons. The van der Waals surface area contributed by atoms with Gasteiger partial charge in [0.25, 0.3) is 0 Å². The van der Waals surface area contributed by atoms with E-state index in [9.17, 15) is 4.39 Å². The molecule has 0 aromatic heterocycles. The van der Waals surface area contributed by atoms with Gasteiger partial charge in [0.05, 0.1) is 16.3 Å². The first-order valence-corrected chi connectivity index (χ1v) is 6.83. The van der Waals surface area contributed by atoms with Crippen molar-refractivity contribution in [2.24, 2.45) is 0 Å². The lowest BCUT2D eigenvalue weighted by Crippen LogP contribution is -2.07. The fraction of sp³-hybridized carbons (Fsp3) is 0.200. The molecule has 2 aromatic rings. The average Bonchev–Trinajstić information content (AvgIpc) is 2.36. The first-order chi connectivity index (χ1) is 9.06. The second kappa shape index (κ2) is 6.06. The number of benzene rings is 2. The molecule has 1 N–H and O–H groups in total. The number of para-hydroxylation sites is 1. The van der Waals surface area contributed by atoms with Gasteiger partial charge in [0.15, 0.2) is 0 Å². The van der Waals surface area contributed by atoms with Gasteiger partial charge in [-0.25, -0.2) is 4.39 Å². The molecule has 0 saturated carbocycles. The highest BCUT2D eigenvalue weighted by molar-refractivity contribution is 9.10. The minimum atomic E-state index is -0.327. The fourth-order valence-corrected chi connectivity index (χ4v) is 2.06. The van der Waals surface area contributed by atoms with Crippen molar-refractivity contribution in [2.75, 3.05) is 5.32 Å². The lowest BCUT2D eigenvalue weighted by atomic mass is 10.2. The van der Waals surface area contributed by atoms with E-state index in [-0.39, 0.29) is 11.9 Å². The summed E-state index contributed by atoms with van der Waals surface area (Å²) in [6.07, 6.45) is 0.0336. The summed E-state index contributed by atoms with van der Waals surface area (Å²) in [5, 5.41) is 3.04. The van der Waals surface area contributed by atoms with Crippen molar-refractivity contribution < 1.29 is 9.13 Å². The Kier molecular flexibility index (Phi) is 4.43. The normalized spacial score (nSPS) is 10.6. The van der Waals surface area contributed by atoms with Gasteiger partial charge in [0.1, 0.15) is 11.6 Å². The predicted molar refractivity (Wildman–Crippen MR) is 79.6 cm³/mol. The molecule has 0 atom stereocenters. The third-order valence-electron chi connectivity index (χ3n) is 2.44. The van der Waals surface area contributed by atoms with Crippen LogP contribution in [0.5, 0.6) is 5.75 Å². The van der Waals surface area contributed by atoms with Crippen LogP contribution in [0, 0.1) is 5.82 Å². The maximum absolute atomic E-state index is 13.9. The van der Waals surface area contributed by atoms with E-state index in [0.29, 0.717) is 15.9 Å². The van der Waals surface area contributed by atoms with Gasteiger partial charge in [-0.1, -0.05) is 18.2 Å². The van der Waals surface area contributed by atoms with E-state index in [4.69, 9.17) is 4.74 Å². The molecule has 0 radical (unpaired) electrons. The van der Waals surface area contributed by atoms with Crippen LogP contribution in [0.15, 0.2) is 46.9 Å². The number of nitrogens with one attached hydrogen (secondary N) is 1. The Morgan fingerprint density at radius 2 is 1.84 bits per heavy atom. The van der Waals surface area contributed by atoms with Crippen molar-refractivity contribution in [2.45, 2.75) is 20.0 Å². The lowest BCUT2D eigenvalue weighted by molar-refractivity contribution is 0.240. The van der Waals surface area contributed by atoms with E-state index in [1.807, 2.05) is 44.2 Å². The standard InChI is InChI=1S/C15H15BrFNO/c1-10(2)19-15-9-14(13(17)8-12(15)16)18-11-6-4-3-5-7-11/h3-10,18H,1-2H3. The van der Waals surface area contributed by atoms with Gasteiger partial charge < -0.3 is 10.1 Å². The van der Waals surface area contributed by atoms with E-state index in [0.717, 1.165) is 5.69 Å². The SMILES string of the molecule is CC(C)Oc1cc(Nc2ccccc2)c(F)cc1Br. The van der Waals surface area contributed by atoms with Crippen molar-refractivity contribution in [3.05, 3.63) is 52.8 Å². The highest BCUT2D eigenvalue weighted by atomic mass is 79.9. The Morgan fingerprint density at radius 1 is 1.16 bits per heavy atom. The number of ether oxygens (including phenoxy) is 1. The molecule has 0 spiro atoms.